The molecule has 6 nitrogen and oxygen atoms in total. The van der Waals surface area contributed by atoms with Gasteiger partial charge in [-0.05, 0) is 55.8 Å². The molecule has 0 radical (unpaired) electrons. The Morgan fingerprint density at radius 1 is 1.14 bits per heavy atom. The highest BCUT2D eigenvalue weighted by Gasteiger charge is 2.29. The average molecular weight is 379 g/mol. The van der Waals surface area contributed by atoms with Crippen molar-refractivity contribution in [1.82, 2.24) is 10.2 Å². The summed E-state index contributed by atoms with van der Waals surface area (Å²) in [5, 5.41) is 5.77. The molecule has 28 heavy (non-hydrogen) atoms. The van der Waals surface area contributed by atoms with Gasteiger partial charge in [-0.1, -0.05) is 18.2 Å². The minimum Gasteiger partial charge on any atom is -0.490 e. The lowest BCUT2D eigenvalue weighted by Crippen LogP contribution is -2.35. The van der Waals surface area contributed by atoms with Crippen molar-refractivity contribution in [1.29, 1.82) is 0 Å². The predicted octanol–water partition coefficient (Wildman–Crippen LogP) is 2.97. The van der Waals surface area contributed by atoms with E-state index in [1.165, 1.54) is 0 Å². The highest BCUT2D eigenvalue weighted by molar-refractivity contribution is 6.00. The van der Waals surface area contributed by atoms with E-state index >= 15 is 0 Å². The van der Waals surface area contributed by atoms with Crippen LogP contribution in [0.1, 0.15) is 41.2 Å². The summed E-state index contributed by atoms with van der Waals surface area (Å²) in [4.78, 5) is 26.7. The van der Waals surface area contributed by atoms with Crippen LogP contribution in [0.15, 0.2) is 48.5 Å². The van der Waals surface area contributed by atoms with Crippen molar-refractivity contribution in [3.8, 4) is 5.75 Å². The van der Waals surface area contributed by atoms with E-state index in [9.17, 15) is 9.59 Å². The number of amides is 2. The number of carbonyl (C=O) groups excluding carboxylic acids is 2. The smallest absolute Gasteiger partial charge is 0.252 e. The van der Waals surface area contributed by atoms with Gasteiger partial charge in [0, 0.05) is 24.3 Å². The quantitative estimate of drug-likeness (QED) is 0.838. The summed E-state index contributed by atoms with van der Waals surface area (Å²) >= 11 is 0. The van der Waals surface area contributed by atoms with Crippen LogP contribution in [0.5, 0.6) is 5.75 Å². The van der Waals surface area contributed by atoms with Gasteiger partial charge in [0.15, 0.2) is 0 Å². The van der Waals surface area contributed by atoms with E-state index in [2.05, 4.69) is 22.6 Å². The Bertz CT molecular complexity index is 858. The molecule has 1 fully saturated rings. The molecule has 2 aromatic rings. The summed E-state index contributed by atoms with van der Waals surface area (Å²) in [6.45, 7) is 2.11. The SMILES string of the molecule is CN1CCC(Oc2ccc(NC(=O)CC3NC(=O)c4ccccc43)cc2)CC1. The molecule has 1 unspecified atom stereocenters. The van der Waals surface area contributed by atoms with Crippen LogP contribution in [0.3, 0.4) is 0 Å². The third-order valence-corrected chi connectivity index (χ3v) is 5.38. The number of ether oxygens (including phenoxy) is 1. The van der Waals surface area contributed by atoms with E-state index in [1.54, 1.807) is 6.07 Å². The first kappa shape index (κ1) is 18.5. The maximum absolute atomic E-state index is 12.4. The molecule has 6 heteroatoms. The van der Waals surface area contributed by atoms with Gasteiger partial charge in [-0.3, -0.25) is 9.59 Å². The van der Waals surface area contributed by atoms with E-state index in [0.717, 1.165) is 42.9 Å². The van der Waals surface area contributed by atoms with Crippen molar-refractivity contribution < 1.29 is 14.3 Å². The molecular formula is C22H25N3O3. The molecule has 0 aliphatic carbocycles. The van der Waals surface area contributed by atoms with Crippen molar-refractivity contribution in [2.24, 2.45) is 0 Å². The molecule has 146 valence electrons. The standard InChI is InChI=1S/C22H25N3O3/c1-25-12-10-17(11-13-25)28-16-8-6-15(7-9-16)23-21(26)14-20-18-4-2-3-5-19(18)22(27)24-20/h2-9,17,20H,10-14H2,1H3,(H,23,26)(H,24,27). The van der Waals surface area contributed by atoms with Crippen molar-refractivity contribution in [3.63, 3.8) is 0 Å². The summed E-state index contributed by atoms with van der Waals surface area (Å²) in [6, 6.07) is 14.6. The summed E-state index contributed by atoms with van der Waals surface area (Å²) in [7, 11) is 2.13. The molecule has 0 aromatic heterocycles. The van der Waals surface area contributed by atoms with Crippen molar-refractivity contribution in [3.05, 3.63) is 59.7 Å². The van der Waals surface area contributed by atoms with Gasteiger partial charge in [0.25, 0.3) is 5.91 Å². The van der Waals surface area contributed by atoms with Crippen molar-refractivity contribution >= 4 is 17.5 Å². The van der Waals surface area contributed by atoms with Gasteiger partial charge in [-0.25, -0.2) is 0 Å². The normalized spacial score (nSPS) is 19.8. The lowest BCUT2D eigenvalue weighted by atomic mass is 10.0. The minimum absolute atomic E-state index is 0.121. The number of nitrogens with one attached hydrogen (secondary N) is 2. The Balaban J connectivity index is 1.31. The molecule has 1 atom stereocenters. The van der Waals surface area contributed by atoms with E-state index in [-0.39, 0.29) is 30.4 Å². The molecule has 2 amide bonds. The van der Waals surface area contributed by atoms with Crippen molar-refractivity contribution in [2.75, 3.05) is 25.5 Å². The van der Waals surface area contributed by atoms with Gasteiger partial charge < -0.3 is 20.3 Å². The minimum atomic E-state index is -0.282. The molecule has 2 aliphatic heterocycles. The number of rotatable bonds is 5. The van der Waals surface area contributed by atoms with Crippen LogP contribution in [0.4, 0.5) is 5.69 Å². The Morgan fingerprint density at radius 3 is 2.61 bits per heavy atom. The van der Waals surface area contributed by atoms with Gasteiger partial charge in [-0.15, -0.1) is 0 Å². The summed E-state index contributed by atoms with van der Waals surface area (Å²) in [5.74, 6) is 0.569. The van der Waals surface area contributed by atoms with Gasteiger partial charge >= 0.3 is 0 Å². The number of carbonyl (C=O) groups is 2. The molecule has 2 heterocycles. The zero-order valence-electron chi connectivity index (χ0n) is 16.0. The third kappa shape index (κ3) is 4.17. The van der Waals surface area contributed by atoms with Crippen LogP contribution >= 0.6 is 0 Å². The average Bonchev–Trinajstić information content (AvgIpc) is 3.01. The number of benzene rings is 2. The first-order valence-corrected chi connectivity index (χ1v) is 9.73. The number of nitrogens with zero attached hydrogens (tertiary/aromatic N) is 1. The maximum atomic E-state index is 12.4. The van der Waals surface area contributed by atoms with E-state index in [4.69, 9.17) is 4.74 Å². The molecular weight excluding hydrogens is 354 g/mol. The van der Waals surface area contributed by atoms with Crippen LogP contribution in [0.2, 0.25) is 0 Å². The second kappa shape index (κ2) is 8.02. The summed E-state index contributed by atoms with van der Waals surface area (Å²) in [6.07, 6.45) is 2.52. The van der Waals surface area contributed by atoms with Crippen LogP contribution in [-0.2, 0) is 4.79 Å². The van der Waals surface area contributed by atoms with Gasteiger partial charge in [0.05, 0.1) is 12.5 Å². The van der Waals surface area contributed by atoms with Crippen LogP contribution < -0.4 is 15.4 Å². The second-order valence-corrected chi connectivity index (χ2v) is 7.51. The Morgan fingerprint density at radius 2 is 1.86 bits per heavy atom. The van der Waals surface area contributed by atoms with Crippen molar-refractivity contribution in [2.45, 2.75) is 31.4 Å². The lowest BCUT2D eigenvalue weighted by Gasteiger charge is -2.29. The molecule has 0 bridgehead atoms. The summed E-state index contributed by atoms with van der Waals surface area (Å²) in [5.41, 5.74) is 2.25. The molecule has 0 saturated carbocycles. The fourth-order valence-corrected chi connectivity index (χ4v) is 3.79. The topological polar surface area (TPSA) is 70.7 Å². The van der Waals surface area contributed by atoms with Gasteiger partial charge in [0.1, 0.15) is 11.9 Å². The van der Waals surface area contributed by atoms with Gasteiger partial charge in [-0.2, -0.15) is 0 Å². The first-order valence-electron chi connectivity index (χ1n) is 9.73. The fourth-order valence-electron chi connectivity index (χ4n) is 3.79. The number of piperidine rings is 1. The van der Waals surface area contributed by atoms with E-state index < -0.39 is 0 Å². The third-order valence-electron chi connectivity index (χ3n) is 5.38. The van der Waals surface area contributed by atoms with Crippen LogP contribution in [0.25, 0.3) is 0 Å². The van der Waals surface area contributed by atoms with E-state index in [0.29, 0.717) is 5.56 Å². The maximum Gasteiger partial charge on any atom is 0.252 e. The largest absolute Gasteiger partial charge is 0.490 e. The number of hydrogen-bond acceptors (Lipinski definition) is 4. The van der Waals surface area contributed by atoms with Crippen LogP contribution in [-0.4, -0.2) is 43.0 Å². The van der Waals surface area contributed by atoms with E-state index in [1.807, 2.05) is 42.5 Å². The number of fused-ring (bicyclic) bond motifs is 1. The Kier molecular flexibility index (Phi) is 5.30. The highest BCUT2D eigenvalue weighted by Crippen LogP contribution is 2.28. The molecule has 1 saturated heterocycles. The highest BCUT2D eigenvalue weighted by atomic mass is 16.5. The summed E-state index contributed by atoms with van der Waals surface area (Å²) < 4.78 is 6.04. The molecule has 2 aliphatic rings. The molecule has 2 aromatic carbocycles. The second-order valence-electron chi connectivity index (χ2n) is 7.51. The van der Waals surface area contributed by atoms with Gasteiger partial charge in [0.2, 0.25) is 5.91 Å². The molecule has 0 spiro atoms. The molecule has 2 N–H and O–H groups in total. The number of anilines is 1. The monoisotopic (exact) mass is 379 g/mol. The lowest BCUT2D eigenvalue weighted by molar-refractivity contribution is -0.116. The number of likely N-dealkylation sites (tertiary alicyclic amines) is 1. The number of hydrogen-bond donors (Lipinski definition) is 2. The fraction of sp³-hybridized carbons (Fsp3) is 0.364. The zero-order chi connectivity index (χ0) is 19.5. The molecule has 4 rings (SSSR count). The Hall–Kier alpha value is -2.86. The Labute approximate surface area is 164 Å². The van der Waals surface area contributed by atoms with Crippen LogP contribution in [0, 0.1) is 0 Å². The first-order chi connectivity index (χ1) is 13.6. The predicted molar refractivity (Wildman–Crippen MR) is 107 cm³/mol. The zero-order valence-corrected chi connectivity index (χ0v) is 16.0.